The van der Waals surface area contributed by atoms with Crippen molar-refractivity contribution in [3.63, 3.8) is 0 Å². The Morgan fingerprint density at radius 2 is 2.28 bits per heavy atom. The van der Waals surface area contributed by atoms with Crippen molar-refractivity contribution >= 4 is 39.1 Å². The summed E-state index contributed by atoms with van der Waals surface area (Å²) in [6.45, 7) is 2.19. The first kappa shape index (κ1) is 13.1. The molecule has 2 rings (SSSR count). The second kappa shape index (κ2) is 5.52. The summed E-state index contributed by atoms with van der Waals surface area (Å²) < 4.78 is 0. The summed E-state index contributed by atoms with van der Waals surface area (Å²) >= 11 is 3.39. The van der Waals surface area contributed by atoms with Gasteiger partial charge in [0, 0.05) is 24.8 Å². The first-order valence-corrected chi connectivity index (χ1v) is 6.82. The van der Waals surface area contributed by atoms with E-state index in [1.54, 1.807) is 4.90 Å². The molecule has 96 valence electrons. The molecule has 0 aromatic heterocycles. The average molecular weight is 311 g/mol. The summed E-state index contributed by atoms with van der Waals surface area (Å²) in [5.41, 5.74) is 1.54. The molecular formula is C13H15BrN2O2. The third kappa shape index (κ3) is 2.90. The van der Waals surface area contributed by atoms with E-state index in [0.29, 0.717) is 5.69 Å². The van der Waals surface area contributed by atoms with Gasteiger partial charge in [-0.15, -0.1) is 0 Å². The summed E-state index contributed by atoms with van der Waals surface area (Å²) in [4.78, 5) is 24.7. The molecule has 0 aliphatic carbocycles. The molecule has 4 nitrogen and oxygen atoms in total. The van der Waals surface area contributed by atoms with E-state index in [1.165, 1.54) is 6.92 Å². The van der Waals surface area contributed by atoms with Gasteiger partial charge in [0.05, 0.1) is 4.83 Å². The Balaban J connectivity index is 2.22. The normalized spacial score (nSPS) is 19.8. The van der Waals surface area contributed by atoms with Gasteiger partial charge in [-0.3, -0.25) is 9.59 Å². The SMILES string of the molecule is CC(=O)Nc1cccc(N2CCCC(Br)C2=O)c1. The third-order valence-corrected chi connectivity index (χ3v) is 3.70. The largest absolute Gasteiger partial charge is 0.326 e. The Labute approximate surface area is 114 Å². The number of carbonyl (C=O) groups is 2. The lowest BCUT2D eigenvalue weighted by molar-refractivity contribution is -0.119. The highest BCUT2D eigenvalue weighted by atomic mass is 79.9. The number of hydrogen-bond acceptors (Lipinski definition) is 2. The quantitative estimate of drug-likeness (QED) is 0.853. The monoisotopic (exact) mass is 310 g/mol. The molecule has 1 N–H and O–H groups in total. The van der Waals surface area contributed by atoms with E-state index < -0.39 is 0 Å². The van der Waals surface area contributed by atoms with Crippen LogP contribution in [0, 0.1) is 0 Å². The van der Waals surface area contributed by atoms with E-state index in [-0.39, 0.29) is 16.6 Å². The van der Waals surface area contributed by atoms with Crippen molar-refractivity contribution in [1.29, 1.82) is 0 Å². The second-order valence-electron chi connectivity index (χ2n) is 4.33. The maximum Gasteiger partial charge on any atom is 0.240 e. The molecule has 18 heavy (non-hydrogen) atoms. The van der Waals surface area contributed by atoms with Gasteiger partial charge >= 0.3 is 0 Å². The molecule has 1 unspecified atom stereocenters. The average Bonchev–Trinajstić information content (AvgIpc) is 2.32. The van der Waals surface area contributed by atoms with Crippen molar-refractivity contribution in [1.82, 2.24) is 0 Å². The molecule has 1 fully saturated rings. The zero-order valence-corrected chi connectivity index (χ0v) is 11.7. The molecule has 1 heterocycles. The highest BCUT2D eigenvalue weighted by Crippen LogP contribution is 2.26. The highest BCUT2D eigenvalue weighted by Gasteiger charge is 2.27. The minimum absolute atomic E-state index is 0.0845. The van der Waals surface area contributed by atoms with Crippen LogP contribution in [0.15, 0.2) is 24.3 Å². The van der Waals surface area contributed by atoms with Gasteiger partial charge in [-0.05, 0) is 31.0 Å². The molecule has 0 saturated carbocycles. The number of nitrogens with one attached hydrogen (secondary N) is 1. The van der Waals surface area contributed by atoms with Gasteiger partial charge < -0.3 is 10.2 Å². The topological polar surface area (TPSA) is 49.4 Å². The van der Waals surface area contributed by atoms with Crippen LogP contribution >= 0.6 is 15.9 Å². The van der Waals surface area contributed by atoms with Gasteiger partial charge in [0.25, 0.3) is 0 Å². The predicted octanol–water partition coefficient (Wildman–Crippen LogP) is 2.54. The van der Waals surface area contributed by atoms with Gasteiger partial charge in [-0.25, -0.2) is 0 Å². The van der Waals surface area contributed by atoms with Gasteiger partial charge in [0.1, 0.15) is 0 Å². The van der Waals surface area contributed by atoms with E-state index >= 15 is 0 Å². The van der Waals surface area contributed by atoms with E-state index in [0.717, 1.165) is 25.1 Å². The number of nitrogens with zero attached hydrogens (tertiary/aromatic N) is 1. The first-order valence-electron chi connectivity index (χ1n) is 5.91. The van der Waals surface area contributed by atoms with Crippen LogP contribution < -0.4 is 10.2 Å². The maximum atomic E-state index is 12.1. The first-order chi connectivity index (χ1) is 8.58. The zero-order chi connectivity index (χ0) is 13.1. The Kier molecular flexibility index (Phi) is 4.01. The molecule has 1 saturated heterocycles. The van der Waals surface area contributed by atoms with Crippen LogP contribution in [-0.4, -0.2) is 23.2 Å². The zero-order valence-electron chi connectivity index (χ0n) is 10.1. The van der Waals surface area contributed by atoms with Crippen LogP contribution in [0.1, 0.15) is 19.8 Å². The number of amides is 2. The number of hydrogen-bond donors (Lipinski definition) is 1. The molecule has 0 bridgehead atoms. The molecule has 1 aromatic carbocycles. The minimum Gasteiger partial charge on any atom is -0.326 e. The van der Waals surface area contributed by atoms with Crippen LogP contribution in [-0.2, 0) is 9.59 Å². The molecule has 1 aromatic rings. The Hall–Kier alpha value is -1.36. The van der Waals surface area contributed by atoms with Gasteiger partial charge in [-0.1, -0.05) is 22.0 Å². The number of halogens is 1. The van der Waals surface area contributed by atoms with Crippen LogP contribution in [0.3, 0.4) is 0 Å². The molecule has 0 radical (unpaired) electrons. The lowest BCUT2D eigenvalue weighted by Crippen LogP contribution is -2.41. The molecule has 1 aliphatic rings. The fourth-order valence-corrected chi connectivity index (χ4v) is 2.61. The Bertz CT molecular complexity index is 476. The number of anilines is 2. The number of piperidine rings is 1. The van der Waals surface area contributed by atoms with Crippen LogP contribution in [0.25, 0.3) is 0 Å². The Morgan fingerprint density at radius 3 is 3.00 bits per heavy atom. The summed E-state index contributed by atoms with van der Waals surface area (Å²) in [5, 5.41) is 2.72. The summed E-state index contributed by atoms with van der Waals surface area (Å²) in [7, 11) is 0. The van der Waals surface area contributed by atoms with Crippen molar-refractivity contribution in [2.24, 2.45) is 0 Å². The lowest BCUT2D eigenvalue weighted by atomic mass is 10.1. The van der Waals surface area contributed by atoms with E-state index in [4.69, 9.17) is 0 Å². The van der Waals surface area contributed by atoms with E-state index in [1.807, 2.05) is 24.3 Å². The second-order valence-corrected chi connectivity index (χ2v) is 5.44. The molecule has 1 aliphatic heterocycles. The van der Waals surface area contributed by atoms with Crippen molar-refractivity contribution in [2.75, 3.05) is 16.8 Å². The number of carbonyl (C=O) groups excluding carboxylic acids is 2. The lowest BCUT2D eigenvalue weighted by Gasteiger charge is -2.30. The van der Waals surface area contributed by atoms with Crippen molar-refractivity contribution in [2.45, 2.75) is 24.6 Å². The van der Waals surface area contributed by atoms with E-state index in [2.05, 4.69) is 21.2 Å². The smallest absolute Gasteiger partial charge is 0.240 e. The highest BCUT2D eigenvalue weighted by molar-refractivity contribution is 9.10. The van der Waals surface area contributed by atoms with Crippen molar-refractivity contribution in [3.05, 3.63) is 24.3 Å². The fourth-order valence-electron chi connectivity index (χ4n) is 2.04. The van der Waals surface area contributed by atoms with Crippen LogP contribution in [0.4, 0.5) is 11.4 Å². The van der Waals surface area contributed by atoms with Gasteiger partial charge in [-0.2, -0.15) is 0 Å². The predicted molar refractivity (Wildman–Crippen MR) is 75.0 cm³/mol. The van der Waals surface area contributed by atoms with Gasteiger partial charge in [0.2, 0.25) is 11.8 Å². The fraction of sp³-hybridized carbons (Fsp3) is 0.385. The number of benzene rings is 1. The standard InChI is InChI=1S/C13H15BrN2O2/c1-9(17)15-10-4-2-5-11(8-10)16-7-3-6-12(14)13(16)18/h2,4-5,8,12H,3,6-7H2,1H3,(H,15,17). The minimum atomic E-state index is -0.115. The molecule has 5 heteroatoms. The van der Waals surface area contributed by atoms with Crippen molar-refractivity contribution < 1.29 is 9.59 Å². The molecule has 2 amide bonds. The number of rotatable bonds is 2. The van der Waals surface area contributed by atoms with E-state index in [9.17, 15) is 9.59 Å². The summed E-state index contributed by atoms with van der Waals surface area (Å²) in [6, 6.07) is 7.36. The number of alkyl halides is 1. The molecular weight excluding hydrogens is 296 g/mol. The van der Waals surface area contributed by atoms with Crippen LogP contribution in [0.2, 0.25) is 0 Å². The van der Waals surface area contributed by atoms with Crippen LogP contribution in [0.5, 0.6) is 0 Å². The molecule has 1 atom stereocenters. The maximum absolute atomic E-state index is 12.1. The van der Waals surface area contributed by atoms with Gasteiger partial charge in [0.15, 0.2) is 0 Å². The molecule has 0 spiro atoms. The Morgan fingerprint density at radius 1 is 1.50 bits per heavy atom. The van der Waals surface area contributed by atoms with Crippen molar-refractivity contribution in [3.8, 4) is 0 Å². The summed E-state index contributed by atoms with van der Waals surface area (Å²) in [5.74, 6) is -0.0308. The summed E-state index contributed by atoms with van der Waals surface area (Å²) in [6.07, 6.45) is 1.85. The third-order valence-electron chi connectivity index (χ3n) is 2.85.